The minimum absolute atomic E-state index is 0.0319. The molecular formula is C12H17N3O2. The lowest BCUT2D eigenvalue weighted by Crippen LogP contribution is -2.32. The van der Waals surface area contributed by atoms with Gasteiger partial charge in [0.1, 0.15) is 0 Å². The van der Waals surface area contributed by atoms with Gasteiger partial charge in [-0.15, -0.1) is 0 Å². The molecule has 1 fully saturated rings. The van der Waals surface area contributed by atoms with Crippen molar-refractivity contribution < 1.29 is 9.59 Å². The zero-order valence-corrected chi connectivity index (χ0v) is 9.90. The van der Waals surface area contributed by atoms with Gasteiger partial charge in [0.05, 0.1) is 5.92 Å². The van der Waals surface area contributed by atoms with Crippen LogP contribution >= 0.6 is 0 Å². The topological polar surface area (TPSA) is 65.2 Å². The quantitative estimate of drug-likeness (QED) is 0.798. The molecule has 0 aromatic carbocycles. The predicted molar refractivity (Wildman–Crippen MR) is 63.0 cm³/mol. The number of rotatable bonds is 4. The molecule has 0 spiro atoms. The standard InChI is InChI=1S/C12H17N3O2/c1-2-15-8-10(5-11(15)16)12(17)14-7-9-3-4-13-6-9/h3-4,6,10,13H,2,5,7-8H2,1H3,(H,14,17). The maximum absolute atomic E-state index is 11.8. The van der Waals surface area contributed by atoms with Gasteiger partial charge in [-0.05, 0) is 18.6 Å². The van der Waals surface area contributed by atoms with Crippen molar-refractivity contribution in [2.75, 3.05) is 13.1 Å². The van der Waals surface area contributed by atoms with Gasteiger partial charge < -0.3 is 15.2 Å². The summed E-state index contributed by atoms with van der Waals surface area (Å²) in [5.74, 6) is -0.147. The number of nitrogens with one attached hydrogen (secondary N) is 2. The molecule has 1 aromatic rings. The van der Waals surface area contributed by atoms with Crippen molar-refractivity contribution in [1.29, 1.82) is 0 Å². The number of aromatic nitrogens is 1. The van der Waals surface area contributed by atoms with Crippen molar-refractivity contribution in [2.45, 2.75) is 19.9 Å². The number of hydrogen-bond donors (Lipinski definition) is 2. The van der Waals surface area contributed by atoms with Crippen molar-refractivity contribution in [2.24, 2.45) is 5.92 Å². The lowest BCUT2D eigenvalue weighted by Gasteiger charge is -2.13. The van der Waals surface area contributed by atoms with Gasteiger partial charge in [-0.25, -0.2) is 0 Å². The molecule has 5 nitrogen and oxygen atoms in total. The average Bonchev–Trinajstić information content (AvgIpc) is 2.94. The van der Waals surface area contributed by atoms with E-state index in [0.29, 0.717) is 26.1 Å². The largest absolute Gasteiger partial charge is 0.367 e. The van der Waals surface area contributed by atoms with Gasteiger partial charge >= 0.3 is 0 Å². The number of hydrogen-bond acceptors (Lipinski definition) is 2. The summed E-state index contributed by atoms with van der Waals surface area (Å²) in [5, 5.41) is 2.85. The molecule has 92 valence electrons. The van der Waals surface area contributed by atoms with Crippen molar-refractivity contribution in [3.05, 3.63) is 24.0 Å². The van der Waals surface area contributed by atoms with Crippen LogP contribution in [0.5, 0.6) is 0 Å². The molecule has 0 saturated carbocycles. The second-order valence-electron chi connectivity index (χ2n) is 4.27. The number of nitrogens with zero attached hydrogens (tertiary/aromatic N) is 1. The van der Waals surface area contributed by atoms with E-state index in [1.54, 1.807) is 4.90 Å². The van der Waals surface area contributed by atoms with Crippen LogP contribution in [-0.4, -0.2) is 34.8 Å². The monoisotopic (exact) mass is 235 g/mol. The Morgan fingerprint density at radius 2 is 2.47 bits per heavy atom. The lowest BCUT2D eigenvalue weighted by atomic mass is 10.1. The molecule has 0 bridgehead atoms. The second-order valence-corrected chi connectivity index (χ2v) is 4.27. The van der Waals surface area contributed by atoms with E-state index in [1.807, 2.05) is 25.4 Å². The first-order valence-corrected chi connectivity index (χ1v) is 5.88. The van der Waals surface area contributed by atoms with Gasteiger partial charge in [-0.1, -0.05) is 0 Å². The SMILES string of the molecule is CCN1CC(C(=O)NCc2cc[nH]c2)CC1=O. The number of likely N-dealkylation sites (tertiary alicyclic amines) is 1. The Kier molecular flexibility index (Phi) is 3.46. The molecule has 1 aliphatic rings. The van der Waals surface area contributed by atoms with E-state index in [9.17, 15) is 9.59 Å². The molecule has 2 rings (SSSR count). The Morgan fingerprint density at radius 3 is 3.06 bits per heavy atom. The molecule has 2 amide bonds. The summed E-state index contributed by atoms with van der Waals surface area (Å²) >= 11 is 0. The van der Waals surface area contributed by atoms with Crippen LogP contribution in [-0.2, 0) is 16.1 Å². The maximum atomic E-state index is 11.8. The van der Waals surface area contributed by atoms with E-state index in [1.165, 1.54) is 0 Å². The fourth-order valence-electron chi connectivity index (χ4n) is 2.06. The zero-order chi connectivity index (χ0) is 12.3. The summed E-state index contributed by atoms with van der Waals surface area (Å²) in [6, 6.07) is 1.92. The Hall–Kier alpha value is -1.78. The highest BCUT2D eigenvalue weighted by Gasteiger charge is 2.32. The molecule has 17 heavy (non-hydrogen) atoms. The van der Waals surface area contributed by atoms with Crippen LogP contribution in [0.3, 0.4) is 0 Å². The number of aromatic amines is 1. The summed E-state index contributed by atoms with van der Waals surface area (Å²) in [6.45, 7) is 3.67. The number of H-pyrrole nitrogens is 1. The molecule has 1 aromatic heterocycles. The summed E-state index contributed by atoms with van der Waals surface area (Å²) in [4.78, 5) is 28.0. The third kappa shape index (κ3) is 2.67. The third-order valence-electron chi connectivity index (χ3n) is 3.10. The predicted octanol–water partition coefficient (Wildman–Crippen LogP) is 0.499. The van der Waals surface area contributed by atoms with Crippen molar-refractivity contribution in [3.63, 3.8) is 0 Å². The molecule has 0 radical (unpaired) electrons. The third-order valence-corrected chi connectivity index (χ3v) is 3.10. The highest BCUT2D eigenvalue weighted by atomic mass is 16.2. The molecule has 0 aliphatic carbocycles. The minimum atomic E-state index is -0.193. The van der Waals surface area contributed by atoms with Gasteiger partial charge in [0.25, 0.3) is 0 Å². The molecule has 1 atom stereocenters. The van der Waals surface area contributed by atoms with E-state index < -0.39 is 0 Å². The van der Waals surface area contributed by atoms with E-state index in [2.05, 4.69) is 10.3 Å². The highest BCUT2D eigenvalue weighted by molar-refractivity contribution is 5.89. The van der Waals surface area contributed by atoms with Crippen LogP contribution in [0.25, 0.3) is 0 Å². The Labute approximate surface area is 100 Å². The van der Waals surface area contributed by atoms with Crippen LogP contribution in [0.15, 0.2) is 18.5 Å². The zero-order valence-electron chi connectivity index (χ0n) is 9.90. The fraction of sp³-hybridized carbons (Fsp3) is 0.500. The Balaban J connectivity index is 1.83. The van der Waals surface area contributed by atoms with E-state index in [4.69, 9.17) is 0 Å². The van der Waals surface area contributed by atoms with E-state index >= 15 is 0 Å². The van der Waals surface area contributed by atoms with Crippen LogP contribution < -0.4 is 5.32 Å². The van der Waals surface area contributed by atoms with Crippen molar-refractivity contribution in [1.82, 2.24) is 15.2 Å². The number of amides is 2. The molecule has 2 N–H and O–H groups in total. The summed E-state index contributed by atoms with van der Waals surface area (Å²) < 4.78 is 0. The molecule has 2 heterocycles. The Morgan fingerprint density at radius 1 is 1.65 bits per heavy atom. The number of carbonyl (C=O) groups is 2. The summed E-state index contributed by atoms with van der Waals surface area (Å²) in [5.41, 5.74) is 1.04. The van der Waals surface area contributed by atoms with Crippen molar-refractivity contribution >= 4 is 11.8 Å². The van der Waals surface area contributed by atoms with E-state index in [0.717, 1.165) is 5.56 Å². The molecule has 5 heteroatoms. The van der Waals surface area contributed by atoms with Crippen molar-refractivity contribution in [3.8, 4) is 0 Å². The van der Waals surface area contributed by atoms with Crippen LogP contribution in [0.2, 0.25) is 0 Å². The maximum Gasteiger partial charge on any atom is 0.225 e. The average molecular weight is 235 g/mol. The smallest absolute Gasteiger partial charge is 0.225 e. The minimum Gasteiger partial charge on any atom is -0.367 e. The van der Waals surface area contributed by atoms with E-state index in [-0.39, 0.29) is 17.7 Å². The van der Waals surface area contributed by atoms with Gasteiger partial charge in [-0.3, -0.25) is 9.59 Å². The molecule has 1 saturated heterocycles. The normalized spacial score (nSPS) is 19.7. The first-order valence-electron chi connectivity index (χ1n) is 5.88. The lowest BCUT2D eigenvalue weighted by molar-refractivity contribution is -0.128. The molecular weight excluding hydrogens is 218 g/mol. The second kappa shape index (κ2) is 5.03. The van der Waals surface area contributed by atoms with Crippen LogP contribution in [0, 0.1) is 5.92 Å². The first kappa shape index (κ1) is 11.7. The number of carbonyl (C=O) groups excluding carboxylic acids is 2. The van der Waals surface area contributed by atoms with Gasteiger partial charge in [0, 0.05) is 38.4 Å². The first-order chi connectivity index (χ1) is 8.20. The molecule has 1 unspecified atom stereocenters. The van der Waals surface area contributed by atoms with Gasteiger partial charge in [0.2, 0.25) is 11.8 Å². The van der Waals surface area contributed by atoms with Gasteiger partial charge in [0.15, 0.2) is 0 Å². The van der Waals surface area contributed by atoms with Crippen LogP contribution in [0.1, 0.15) is 18.9 Å². The van der Waals surface area contributed by atoms with Gasteiger partial charge in [-0.2, -0.15) is 0 Å². The van der Waals surface area contributed by atoms with Crippen LogP contribution in [0.4, 0.5) is 0 Å². The Bertz CT molecular complexity index is 400. The fourth-order valence-corrected chi connectivity index (χ4v) is 2.06. The summed E-state index contributed by atoms with van der Waals surface area (Å²) in [7, 11) is 0. The molecule has 1 aliphatic heterocycles. The summed E-state index contributed by atoms with van der Waals surface area (Å²) in [6.07, 6.45) is 4.00. The highest BCUT2D eigenvalue weighted by Crippen LogP contribution is 2.17.